The monoisotopic (exact) mass is 331 g/mol. The average Bonchev–Trinajstić information content (AvgIpc) is 3.03. The molecule has 1 aromatic heterocycles. The molecule has 0 atom stereocenters. The van der Waals surface area contributed by atoms with Crippen molar-refractivity contribution < 1.29 is 9.53 Å². The van der Waals surface area contributed by atoms with Crippen molar-refractivity contribution >= 4 is 23.8 Å². The molecule has 5 nitrogen and oxygen atoms in total. The molecule has 0 saturated heterocycles. The average molecular weight is 332 g/mol. The van der Waals surface area contributed by atoms with E-state index in [-0.39, 0.29) is 12.1 Å². The number of carbonyl (C=O) groups excluding carboxylic acids is 1. The van der Waals surface area contributed by atoms with E-state index >= 15 is 0 Å². The van der Waals surface area contributed by atoms with Crippen LogP contribution in [0.4, 0.5) is 0 Å². The molecule has 1 fully saturated rings. The molecule has 3 rings (SSSR count). The van der Waals surface area contributed by atoms with Gasteiger partial charge in [-0.1, -0.05) is 30.2 Å². The highest BCUT2D eigenvalue weighted by Gasteiger charge is 2.16. The minimum atomic E-state index is -0.336. The van der Waals surface area contributed by atoms with Gasteiger partial charge in [0.2, 0.25) is 0 Å². The van der Waals surface area contributed by atoms with Gasteiger partial charge < -0.3 is 4.74 Å². The Kier molecular flexibility index (Phi) is 5.08. The number of carbonyl (C=O) groups is 1. The summed E-state index contributed by atoms with van der Waals surface area (Å²) in [6.07, 6.45) is 9.94. The number of halogens is 1. The van der Waals surface area contributed by atoms with Crippen molar-refractivity contribution in [3.8, 4) is 11.4 Å². The second-order valence-electron chi connectivity index (χ2n) is 5.57. The van der Waals surface area contributed by atoms with E-state index in [0.717, 1.165) is 31.2 Å². The number of hydrogen-bond donors (Lipinski definition) is 0. The van der Waals surface area contributed by atoms with Crippen LogP contribution in [0.5, 0.6) is 0 Å². The molecule has 1 aliphatic carbocycles. The molecular weight excluding hydrogens is 314 g/mol. The summed E-state index contributed by atoms with van der Waals surface area (Å²) in [6, 6.07) is 7.31. The fourth-order valence-corrected chi connectivity index (χ4v) is 2.82. The Hall–Kier alpha value is -2.14. The van der Waals surface area contributed by atoms with Crippen molar-refractivity contribution in [2.24, 2.45) is 0 Å². The van der Waals surface area contributed by atoms with Crippen LogP contribution < -0.4 is 0 Å². The van der Waals surface area contributed by atoms with Gasteiger partial charge in [0, 0.05) is 22.9 Å². The quantitative estimate of drug-likeness (QED) is 0.629. The molecule has 6 heteroatoms. The van der Waals surface area contributed by atoms with Crippen LogP contribution in [0.2, 0.25) is 5.02 Å². The fourth-order valence-electron chi connectivity index (χ4n) is 2.63. The van der Waals surface area contributed by atoms with Gasteiger partial charge >= 0.3 is 5.97 Å². The van der Waals surface area contributed by atoms with Crippen LogP contribution in [0.1, 0.15) is 32.1 Å². The maximum atomic E-state index is 11.8. The van der Waals surface area contributed by atoms with Gasteiger partial charge in [-0.25, -0.2) is 14.5 Å². The van der Waals surface area contributed by atoms with Crippen LogP contribution in [0.25, 0.3) is 17.6 Å². The van der Waals surface area contributed by atoms with Crippen LogP contribution in [-0.4, -0.2) is 26.8 Å². The van der Waals surface area contributed by atoms with Crippen molar-refractivity contribution in [3.63, 3.8) is 0 Å². The van der Waals surface area contributed by atoms with Crippen molar-refractivity contribution in [3.05, 3.63) is 41.7 Å². The van der Waals surface area contributed by atoms with E-state index in [9.17, 15) is 4.79 Å². The lowest BCUT2D eigenvalue weighted by molar-refractivity contribution is -0.144. The summed E-state index contributed by atoms with van der Waals surface area (Å²) in [5.41, 5.74) is 0.828. The minimum Gasteiger partial charge on any atom is -0.459 e. The molecule has 0 aliphatic heterocycles. The normalized spacial score (nSPS) is 15.9. The van der Waals surface area contributed by atoms with Gasteiger partial charge in [-0.3, -0.25) is 0 Å². The predicted molar refractivity (Wildman–Crippen MR) is 88.8 cm³/mol. The van der Waals surface area contributed by atoms with Gasteiger partial charge in [0.1, 0.15) is 12.4 Å². The molecule has 1 aliphatic rings. The standard InChI is InChI=1S/C17H18ClN3O2/c18-14-6-4-5-13(11-14)17-19-12-21(20-17)10-9-16(22)23-15-7-2-1-3-8-15/h4-6,9-12,15H,1-3,7-8H2/b10-9-. The number of esters is 1. The lowest BCUT2D eigenvalue weighted by Gasteiger charge is -2.20. The molecule has 0 bridgehead atoms. The molecular formula is C17H18ClN3O2. The number of nitrogens with zero attached hydrogens (tertiary/aromatic N) is 3. The van der Waals surface area contributed by atoms with Gasteiger partial charge in [-0.2, -0.15) is 0 Å². The fraction of sp³-hybridized carbons (Fsp3) is 0.353. The Morgan fingerprint density at radius 3 is 2.91 bits per heavy atom. The molecule has 23 heavy (non-hydrogen) atoms. The second kappa shape index (κ2) is 7.42. The summed E-state index contributed by atoms with van der Waals surface area (Å²) in [4.78, 5) is 16.0. The molecule has 0 spiro atoms. The Morgan fingerprint density at radius 1 is 1.30 bits per heavy atom. The Balaban J connectivity index is 1.60. The van der Waals surface area contributed by atoms with Crippen LogP contribution in [-0.2, 0) is 9.53 Å². The number of benzene rings is 1. The molecule has 0 unspecified atom stereocenters. The topological polar surface area (TPSA) is 57.0 Å². The summed E-state index contributed by atoms with van der Waals surface area (Å²) in [6.45, 7) is 0. The highest BCUT2D eigenvalue weighted by atomic mass is 35.5. The third kappa shape index (κ3) is 4.42. The molecule has 2 aromatic rings. The largest absolute Gasteiger partial charge is 0.459 e. The van der Waals surface area contributed by atoms with Crippen molar-refractivity contribution in [2.75, 3.05) is 0 Å². The summed E-state index contributed by atoms with van der Waals surface area (Å²) < 4.78 is 6.90. The van der Waals surface area contributed by atoms with E-state index in [2.05, 4.69) is 10.1 Å². The summed E-state index contributed by atoms with van der Waals surface area (Å²) >= 11 is 5.96. The Morgan fingerprint density at radius 2 is 2.13 bits per heavy atom. The van der Waals surface area contributed by atoms with E-state index in [1.807, 2.05) is 12.1 Å². The maximum absolute atomic E-state index is 11.8. The first-order valence-corrected chi connectivity index (χ1v) is 8.14. The summed E-state index contributed by atoms with van der Waals surface area (Å²) in [7, 11) is 0. The van der Waals surface area contributed by atoms with Crippen molar-refractivity contribution in [1.29, 1.82) is 0 Å². The molecule has 1 saturated carbocycles. The highest BCUT2D eigenvalue weighted by molar-refractivity contribution is 6.30. The van der Waals surface area contributed by atoms with E-state index in [4.69, 9.17) is 16.3 Å². The molecule has 1 heterocycles. The molecule has 120 valence electrons. The van der Waals surface area contributed by atoms with E-state index in [1.165, 1.54) is 17.2 Å². The third-order valence-corrected chi connectivity index (χ3v) is 4.02. The Bertz CT molecular complexity index is 705. The molecule has 0 radical (unpaired) electrons. The zero-order chi connectivity index (χ0) is 16.1. The van der Waals surface area contributed by atoms with Crippen molar-refractivity contribution in [2.45, 2.75) is 38.2 Å². The predicted octanol–water partition coefficient (Wildman–Crippen LogP) is 3.95. The zero-order valence-corrected chi connectivity index (χ0v) is 13.4. The SMILES string of the molecule is O=C(/C=C\n1cnc(-c2cccc(Cl)c2)n1)OC1CCCCC1. The molecule has 1 aromatic carbocycles. The van der Waals surface area contributed by atoms with Crippen LogP contribution in [0, 0.1) is 0 Å². The molecule has 0 N–H and O–H groups in total. The van der Waals surface area contributed by atoms with Gasteiger partial charge in [0.25, 0.3) is 0 Å². The van der Waals surface area contributed by atoms with Gasteiger partial charge in [-0.15, -0.1) is 5.10 Å². The lowest BCUT2D eigenvalue weighted by atomic mass is 9.98. The van der Waals surface area contributed by atoms with Crippen LogP contribution >= 0.6 is 11.6 Å². The minimum absolute atomic E-state index is 0.0543. The van der Waals surface area contributed by atoms with Crippen molar-refractivity contribution in [1.82, 2.24) is 14.8 Å². The summed E-state index contributed by atoms with van der Waals surface area (Å²) in [5, 5.41) is 4.92. The van der Waals surface area contributed by atoms with E-state index < -0.39 is 0 Å². The third-order valence-electron chi connectivity index (χ3n) is 3.79. The van der Waals surface area contributed by atoms with Gasteiger partial charge in [-0.05, 0) is 37.8 Å². The van der Waals surface area contributed by atoms with Gasteiger partial charge in [0.15, 0.2) is 5.82 Å². The van der Waals surface area contributed by atoms with E-state index in [0.29, 0.717) is 10.8 Å². The zero-order valence-electron chi connectivity index (χ0n) is 12.7. The number of rotatable bonds is 4. The first kappa shape index (κ1) is 15.7. The smallest absolute Gasteiger partial charge is 0.332 e. The maximum Gasteiger partial charge on any atom is 0.332 e. The summed E-state index contributed by atoms with van der Waals surface area (Å²) in [5.74, 6) is 0.217. The number of aromatic nitrogens is 3. The van der Waals surface area contributed by atoms with E-state index in [1.54, 1.807) is 24.7 Å². The number of hydrogen-bond acceptors (Lipinski definition) is 4. The lowest BCUT2D eigenvalue weighted by Crippen LogP contribution is -2.19. The van der Waals surface area contributed by atoms with Gasteiger partial charge in [0.05, 0.1) is 0 Å². The second-order valence-corrected chi connectivity index (χ2v) is 6.01. The number of ether oxygens (including phenoxy) is 1. The first-order valence-electron chi connectivity index (χ1n) is 7.76. The first-order chi connectivity index (χ1) is 11.2. The van der Waals surface area contributed by atoms with Crippen LogP contribution in [0.3, 0.4) is 0 Å². The van der Waals surface area contributed by atoms with Crippen LogP contribution in [0.15, 0.2) is 36.7 Å². The molecule has 0 amide bonds. The highest BCUT2D eigenvalue weighted by Crippen LogP contribution is 2.21. The Labute approximate surface area is 139 Å².